The fourth-order valence-corrected chi connectivity index (χ4v) is 6.90. The first-order valence-corrected chi connectivity index (χ1v) is 22.9. The van der Waals surface area contributed by atoms with Gasteiger partial charge < -0.3 is 74.8 Å². The molecule has 2 heterocycles. The van der Waals surface area contributed by atoms with Crippen molar-refractivity contribution >= 4 is 99.8 Å². The Labute approximate surface area is 411 Å². The number of carbonyl (C=O) groups is 10. The van der Waals surface area contributed by atoms with E-state index in [4.69, 9.17) is 17.2 Å². The van der Waals surface area contributed by atoms with E-state index in [0.29, 0.717) is 11.4 Å². The summed E-state index contributed by atoms with van der Waals surface area (Å²) in [5, 5.41) is 54.6. The van der Waals surface area contributed by atoms with Gasteiger partial charge in [0.05, 0.1) is 37.7 Å². The van der Waals surface area contributed by atoms with Crippen LogP contribution in [0.5, 0.6) is 0 Å². The number of guanidine groups is 1. The van der Waals surface area contributed by atoms with Crippen LogP contribution in [-0.4, -0.2) is 160 Å². The van der Waals surface area contributed by atoms with Gasteiger partial charge >= 0.3 is 23.9 Å². The summed E-state index contributed by atoms with van der Waals surface area (Å²) >= 11 is 1.03. The molecule has 0 saturated carbocycles. The summed E-state index contributed by atoms with van der Waals surface area (Å²) in [5.41, 5.74) is 17.1. The Morgan fingerprint density at radius 3 is 1.78 bits per heavy atom. The number of H-pyrrole nitrogens is 1. The van der Waals surface area contributed by atoms with Gasteiger partial charge in [-0.2, -0.15) is 16.7 Å². The molecule has 72 heavy (non-hydrogen) atoms. The molecule has 0 bridgehead atoms. The first-order chi connectivity index (χ1) is 33.9. The lowest BCUT2D eigenvalue weighted by Crippen LogP contribution is -2.59. The molecule has 2 aromatic heterocycles. The first kappa shape index (κ1) is 57.7. The van der Waals surface area contributed by atoms with E-state index in [1.54, 1.807) is 19.1 Å². The molecule has 390 valence electrons. The molecule has 2 unspecified atom stereocenters. The highest BCUT2D eigenvalue weighted by Crippen LogP contribution is 2.13. The maximum Gasteiger partial charge on any atom is 0.327 e. The van der Waals surface area contributed by atoms with E-state index >= 15 is 0 Å². The highest BCUT2D eigenvalue weighted by Gasteiger charge is 2.34. The second-order valence-electron chi connectivity index (χ2n) is 15.7. The van der Waals surface area contributed by atoms with Crippen LogP contribution in [0.2, 0.25) is 0 Å². The Hall–Kier alpha value is -8.64. The predicted molar refractivity (Wildman–Crippen MR) is 255 cm³/mol. The van der Waals surface area contributed by atoms with Crippen LogP contribution < -0.4 is 60.0 Å². The van der Waals surface area contributed by atoms with Crippen LogP contribution >= 0.6 is 11.8 Å². The molecular formula is C41H55N15O15S. The summed E-state index contributed by atoms with van der Waals surface area (Å²) in [6.07, 6.45) is -0.970. The Bertz CT molecular complexity index is 2580. The van der Waals surface area contributed by atoms with Crippen LogP contribution in [0.3, 0.4) is 0 Å². The number of benzene rings is 1. The van der Waals surface area contributed by atoms with Crippen molar-refractivity contribution in [3.63, 3.8) is 0 Å². The predicted octanol–water partition coefficient (Wildman–Crippen LogP) is -3.84. The molecule has 0 spiro atoms. The Morgan fingerprint density at radius 2 is 1.25 bits per heavy atom. The standard InChI is InChI=1S/C41H55N15O15S/c1-18(48-33(64)19-6-8-20(9-7-19)46-15-21-16-47-32-31(49-21)38(69)56-41(44)55-32)5-10-27(57)50-23(12-28(58)59)35(66)51-22(4-3-11-45-40(42)43)34(65)52-24(13-29(60)61)36(67)53-25(14-30(62)63)37(68)54-26(17-72-2)39(70)71/h6-9,16,18,22-26,46H,3-5,10-15,17H2,1-2H3,(H,48,64)(H,50,57)(H,51,66)(H,52,65)(H,53,67)(H,54,68)(H,58,59)(H,60,61)(H,62,63)(H,70,71)(H4,42,43,45)(H3,44,47,55,56,69)/t18-,22?,23+,24+,25?,26+/m1/s1. The van der Waals surface area contributed by atoms with Gasteiger partial charge in [-0.15, -0.1) is 0 Å². The minimum absolute atomic E-state index is 0.00610. The first-order valence-electron chi connectivity index (χ1n) is 21.6. The maximum absolute atomic E-state index is 13.7. The van der Waals surface area contributed by atoms with E-state index in [0.717, 1.165) is 11.8 Å². The number of carboxylic acids is 4. The van der Waals surface area contributed by atoms with E-state index in [1.807, 2.05) is 5.32 Å². The van der Waals surface area contributed by atoms with E-state index in [2.05, 4.69) is 56.8 Å². The molecule has 3 rings (SSSR count). The number of carbonyl (C=O) groups excluding carboxylic acids is 6. The smallest absolute Gasteiger partial charge is 0.327 e. The van der Waals surface area contributed by atoms with Crippen LogP contribution in [0, 0.1) is 0 Å². The Morgan fingerprint density at radius 1 is 0.722 bits per heavy atom. The van der Waals surface area contributed by atoms with Crippen LogP contribution in [0.1, 0.15) is 67.9 Å². The summed E-state index contributed by atoms with van der Waals surface area (Å²) in [6.45, 7) is 1.64. The molecule has 0 aliphatic rings. The monoisotopic (exact) mass is 1030 g/mol. The third-order valence-electron chi connectivity index (χ3n) is 9.87. The number of nitrogens with one attached hydrogen (secondary N) is 8. The van der Waals surface area contributed by atoms with Gasteiger partial charge in [0.15, 0.2) is 17.1 Å². The summed E-state index contributed by atoms with van der Waals surface area (Å²) in [6, 6.07) is -3.33. The van der Waals surface area contributed by atoms with Crippen LogP contribution in [-0.2, 0) is 49.7 Å². The van der Waals surface area contributed by atoms with Crippen molar-refractivity contribution in [1.29, 1.82) is 0 Å². The fourth-order valence-electron chi connectivity index (χ4n) is 6.34. The average molecular weight is 1030 g/mol. The van der Waals surface area contributed by atoms with Crippen LogP contribution in [0.25, 0.3) is 11.2 Å². The van der Waals surface area contributed by atoms with Gasteiger partial charge in [0.1, 0.15) is 30.2 Å². The lowest BCUT2D eigenvalue weighted by atomic mass is 10.1. The number of amides is 6. The molecule has 0 fully saturated rings. The normalized spacial score (nSPS) is 13.3. The number of hydrogen-bond acceptors (Lipinski definition) is 18. The number of fused-ring (bicyclic) bond motifs is 1. The van der Waals surface area contributed by atoms with Crippen molar-refractivity contribution < 1.29 is 68.4 Å². The molecule has 0 saturated heterocycles. The quantitative estimate of drug-likeness (QED) is 0.0173. The largest absolute Gasteiger partial charge is 0.481 e. The molecule has 3 aromatic rings. The molecule has 1 aromatic carbocycles. The number of aliphatic imine (C=N–C) groups is 1. The maximum atomic E-state index is 13.7. The summed E-state index contributed by atoms with van der Waals surface area (Å²) in [4.78, 5) is 157. The third kappa shape index (κ3) is 19.8. The van der Waals surface area contributed by atoms with Crippen LogP contribution in [0.4, 0.5) is 11.6 Å². The number of carboxylic acid groups (broad SMARTS) is 4. The van der Waals surface area contributed by atoms with Crippen molar-refractivity contribution in [3.05, 3.63) is 52.1 Å². The third-order valence-corrected chi connectivity index (χ3v) is 10.5. The summed E-state index contributed by atoms with van der Waals surface area (Å²) in [7, 11) is 0. The number of aromatic nitrogens is 4. The number of nitrogen functional groups attached to an aromatic ring is 1. The zero-order valence-corrected chi connectivity index (χ0v) is 39.4. The van der Waals surface area contributed by atoms with Gasteiger partial charge in [-0.25, -0.2) is 14.8 Å². The van der Waals surface area contributed by atoms with Gasteiger partial charge in [0, 0.05) is 36.0 Å². The topological polar surface area (TPSA) is 498 Å². The zero-order valence-electron chi connectivity index (χ0n) is 38.6. The van der Waals surface area contributed by atoms with Gasteiger partial charge in [0.25, 0.3) is 11.5 Å². The molecule has 31 heteroatoms. The average Bonchev–Trinajstić information content (AvgIpc) is 3.29. The van der Waals surface area contributed by atoms with E-state index < -0.39 is 120 Å². The lowest BCUT2D eigenvalue weighted by Gasteiger charge is -2.26. The summed E-state index contributed by atoms with van der Waals surface area (Å²) in [5.74, 6) is -13.3. The van der Waals surface area contributed by atoms with Crippen molar-refractivity contribution in [1.82, 2.24) is 51.8 Å². The van der Waals surface area contributed by atoms with E-state index in [-0.39, 0.29) is 73.2 Å². The number of thioether (sulfide) groups is 1. The molecule has 0 radical (unpaired) electrons. The molecule has 30 nitrogen and oxygen atoms in total. The van der Waals surface area contributed by atoms with Gasteiger partial charge in [0.2, 0.25) is 35.5 Å². The number of aliphatic carboxylic acids is 4. The van der Waals surface area contributed by atoms with E-state index in [1.165, 1.54) is 24.6 Å². The summed E-state index contributed by atoms with van der Waals surface area (Å²) < 4.78 is 0. The molecule has 6 amide bonds. The van der Waals surface area contributed by atoms with E-state index in [9.17, 15) is 73.2 Å². The number of aromatic amines is 1. The second kappa shape index (κ2) is 28.1. The van der Waals surface area contributed by atoms with Gasteiger partial charge in [-0.05, 0) is 56.7 Å². The van der Waals surface area contributed by atoms with Crippen LogP contribution in [0.15, 0.2) is 40.2 Å². The molecule has 18 N–H and O–H groups in total. The molecule has 0 aliphatic carbocycles. The number of nitrogens with two attached hydrogens (primary N) is 3. The number of rotatable bonds is 30. The Kier molecular flexibility index (Phi) is 22.5. The highest BCUT2D eigenvalue weighted by atomic mass is 32.2. The van der Waals surface area contributed by atoms with Crippen molar-refractivity contribution in [2.45, 2.75) is 94.7 Å². The minimum atomic E-state index is -2.04. The zero-order chi connectivity index (χ0) is 53.7. The van der Waals surface area contributed by atoms with Crippen molar-refractivity contribution in [2.75, 3.05) is 29.6 Å². The molecule has 6 atom stereocenters. The lowest BCUT2D eigenvalue weighted by molar-refractivity contribution is -0.144. The number of hydrogen-bond donors (Lipinski definition) is 15. The fraction of sp³-hybridized carbons (Fsp3) is 0.439. The highest BCUT2D eigenvalue weighted by molar-refractivity contribution is 7.98. The molecule has 0 aliphatic heterocycles. The van der Waals surface area contributed by atoms with Gasteiger partial charge in [-0.3, -0.25) is 57.9 Å². The van der Waals surface area contributed by atoms with Crippen molar-refractivity contribution in [2.24, 2.45) is 16.5 Å². The number of nitrogens with zero attached hydrogens (tertiary/aromatic N) is 4. The van der Waals surface area contributed by atoms with Gasteiger partial charge in [-0.1, -0.05) is 0 Å². The number of anilines is 2. The van der Waals surface area contributed by atoms with Crippen molar-refractivity contribution in [3.8, 4) is 0 Å². The molecular weight excluding hydrogens is 975 g/mol. The minimum Gasteiger partial charge on any atom is -0.481 e. The SMILES string of the molecule is CSC[C@H](NC(=O)C(CC(=O)O)NC(=O)[C@H](CC(=O)O)NC(=O)C(CCCN=C(N)N)NC(=O)[C@H](CC(=O)O)NC(=O)CC[C@@H](C)NC(=O)c1ccc(NCc2cnc3nc(N)[nH]c(=O)c3n2)cc1)C(=O)O. The Balaban J connectivity index is 1.66. The second-order valence-corrected chi connectivity index (χ2v) is 16.6.